The van der Waals surface area contributed by atoms with Crippen molar-refractivity contribution in [3.8, 4) is 6.01 Å². The van der Waals surface area contributed by atoms with Gasteiger partial charge in [-0.1, -0.05) is 35.9 Å². The van der Waals surface area contributed by atoms with E-state index in [1.54, 1.807) is 0 Å². The highest BCUT2D eigenvalue weighted by Crippen LogP contribution is 2.20. The van der Waals surface area contributed by atoms with E-state index in [1.165, 1.54) is 13.3 Å². The fourth-order valence-corrected chi connectivity index (χ4v) is 1.89. The van der Waals surface area contributed by atoms with Crippen molar-refractivity contribution < 1.29 is 9.47 Å². The van der Waals surface area contributed by atoms with E-state index in [-0.39, 0.29) is 6.01 Å². The Labute approximate surface area is 129 Å². The fourth-order valence-electron chi connectivity index (χ4n) is 1.73. The van der Waals surface area contributed by atoms with Crippen LogP contribution >= 0.6 is 11.6 Å². The van der Waals surface area contributed by atoms with Crippen LogP contribution in [-0.2, 0) is 17.9 Å². The van der Waals surface area contributed by atoms with Crippen molar-refractivity contribution in [2.24, 2.45) is 0 Å². The van der Waals surface area contributed by atoms with E-state index in [4.69, 9.17) is 21.1 Å². The summed E-state index contributed by atoms with van der Waals surface area (Å²) in [5.74, 6) is 0.557. The zero-order chi connectivity index (χ0) is 15.1. The molecule has 0 aliphatic heterocycles. The maximum absolute atomic E-state index is 6.04. The molecule has 0 saturated carbocycles. The van der Waals surface area contributed by atoms with E-state index in [0.29, 0.717) is 24.0 Å². The Morgan fingerprint density at radius 3 is 2.57 bits per heavy atom. The summed E-state index contributed by atoms with van der Waals surface area (Å²) in [6.45, 7) is 3.96. The fraction of sp³-hybridized carbons (Fsp3) is 0.333. The minimum absolute atomic E-state index is 0.286. The number of aromatic nitrogens is 2. The quantitative estimate of drug-likeness (QED) is 0.850. The highest BCUT2D eigenvalue weighted by atomic mass is 35.5. The highest BCUT2D eigenvalue weighted by molar-refractivity contribution is 6.32. The molecule has 0 radical (unpaired) electrons. The lowest BCUT2D eigenvalue weighted by atomic mass is 10.1. The second-order valence-electron chi connectivity index (χ2n) is 4.36. The second kappa shape index (κ2) is 7.81. The van der Waals surface area contributed by atoms with Crippen LogP contribution in [0.4, 0.5) is 5.82 Å². The van der Waals surface area contributed by atoms with E-state index >= 15 is 0 Å². The molecule has 5 nitrogen and oxygen atoms in total. The van der Waals surface area contributed by atoms with Gasteiger partial charge in [-0.25, -0.2) is 4.98 Å². The Bertz CT molecular complexity index is 576. The summed E-state index contributed by atoms with van der Waals surface area (Å²) >= 11 is 6.04. The van der Waals surface area contributed by atoms with Gasteiger partial charge in [0, 0.05) is 13.2 Å². The van der Waals surface area contributed by atoms with Crippen LogP contribution in [-0.4, -0.2) is 23.7 Å². The molecule has 0 bridgehead atoms. The molecule has 0 spiro atoms. The van der Waals surface area contributed by atoms with E-state index in [2.05, 4.69) is 27.4 Å². The van der Waals surface area contributed by atoms with Gasteiger partial charge in [-0.3, -0.25) is 0 Å². The molecule has 112 valence electrons. The van der Waals surface area contributed by atoms with Crippen LogP contribution in [0.15, 0.2) is 30.5 Å². The van der Waals surface area contributed by atoms with Crippen molar-refractivity contribution in [3.05, 3.63) is 46.6 Å². The van der Waals surface area contributed by atoms with Crippen LogP contribution in [0, 0.1) is 0 Å². The average molecular weight is 308 g/mol. The van der Waals surface area contributed by atoms with Gasteiger partial charge < -0.3 is 14.8 Å². The van der Waals surface area contributed by atoms with Crippen molar-refractivity contribution in [2.75, 3.05) is 19.0 Å². The monoisotopic (exact) mass is 307 g/mol. The van der Waals surface area contributed by atoms with Crippen molar-refractivity contribution in [1.29, 1.82) is 0 Å². The predicted molar refractivity (Wildman–Crippen MR) is 82.7 cm³/mol. The Hall–Kier alpha value is -1.85. The number of anilines is 1. The third-order valence-electron chi connectivity index (χ3n) is 2.86. The second-order valence-corrected chi connectivity index (χ2v) is 4.77. The average Bonchev–Trinajstić information content (AvgIpc) is 2.53. The summed E-state index contributed by atoms with van der Waals surface area (Å²) in [6.07, 6.45) is 1.51. The third kappa shape index (κ3) is 4.58. The Morgan fingerprint density at radius 2 is 1.90 bits per heavy atom. The topological polar surface area (TPSA) is 56.3 Å². The largest absolute Gasteiger partial charge is 0.467 e. The number of halogens is 1. The van der Waals surface area contributed by atoms with Crippen LogP contribution in [0.3, 0.4) is 0 Å². The van der Waals surface area contributed by atoms with Gasteiger partial charge in [-0.15, -0.1) is 0 Å². The molecule has 0 atom stereocenters. The predicted octanol–water partition coefficient (Wildman–Crippen LogP) is 3.29. The van der Waals surface area contributed by atoms with E-state index in [9.17, 15) is 0 Å². The van der Waals surface area contributed by atoms with Crippen molar-refractivity contribution in [2.45, 2.75) is 20.1 Å². The van der Waals surface area contributed by atoms with Gasteiger partial charge in [0.2, 0.25) is 0 Å². The molecular weight excluding hydrogens is 290 g/mol. The standard InChI is InChI=1S/C15H18ClN3O2/c1-3-21-10-12-6-4-11(5-7-12)8-17-14-13(16)9-18-15(19-14)20-2/h4-7,9H,3,8,10H2,1-2H3,(H,17,18,19). The first-order chi connectivity index (χ1) is 10.2. The summed E-state index contributed by atoms with van der Waals surface area (Å²) in [5.41, 5.74) is 2.28. The zero-order valence-corrected chi connectivity index (χ0v) is 12.9. The first-order valence-electron chi connectivity index (χ1n) is 6.69. The van der Waals surface area contributed by atoms with Gasteiger partial charge in [0.25, 0.3) is 0 Å². The maximum Gasteiger partial charge on any atom is 0.318 e. The van der Waals surface area contributed by atoms with Crippen LogP contribution < -0.4 is 10.1 Å². The van der Waals surface area contributed by atoms with E-state index in [1.807, 2.05) is 19.1 Å². The minimum atomic E-state index is 0.286. The van der Waals surface area contributed by atoms with E-state index in [0.717, 1.165) is 17.7 Å². The zero-order valence-electron chi connectivity index (χ0n) is 12.1. The van der Waals surface area contributed by atoms with Gasteiger partial charge in [-0.05, 0) is 18.1 Å². The molecule has 1 heterocycles. The number of hydrogen-bond donors (Lipinski definition) is 1. The summed E-state index contributed by atoms with van der Waals surface area (Å²) in [5, 5.41) is 3.63. The highest BCUT2D eigenvalue weighted by Gasteiger charge is 2.05. The summed E-state index contributed by atoms with van der Waals surface area (Å²) in [7, 11) is 1.52. The molecule has 1 aromatic carbocycles. The van der Waals surface area contributed by atoms with Crippen molar-refractivity contribution in [1.82, 2.24) is 9.97 Å². The molecule has 2 aromatic rings. The molecular formula is C15H18ClN3O2. The molecule has 1 aromatic heterocycles. The van der Waals surface area contributed by atoms with Crippen LogP contribution in [0.5, 0.6) is 6.01 Å². The summed E-state index contributed by atoms with van der Waals surface area (Å²) < 4.78 is 10.3. The number of ether oxygens (including phenoxy) is 2. The lowest BCUT2D eigenvalue weighted by molar-refractivity contribution is 0.134. The number of rotatable bonds is 7. The summed E-state index contributed by atoms with van der Waals surface area (Å²) in [4.78, 5) is 8.10. The van der Waals surface area contributed by atoms with Gasteiger partial charge >= 0.3 is 6.01 Å². The minimum Gasteiger partial charge on any atom is -0.467 e. The number of benzene rings is 1. The van der Waals surface area contributed by atoms with Crippen molar-refractivity contribution >= 4 is 17.4 Å². The molecule has 6 heteroatoms. The maximum atomic E-state index is 6.04. The number of nitrogens with one attached hydrogen (secondary N) is 1. The number of methoxy groups -OCH3 is 1. The van der Waals surface area contributed by atoms with Crippen LogP contribution in [0.25, 0.3) is 0 Å². The van der Waals surface area contributed by atoms with Crippen LogP contribution in [0.1, 0.15) is 18.1 Å². The molecule has 1 N–H and O–H groups in total. The lowest BCUT2D eigenvalue weighted by Crippen LogP contribution is -2.04. The van der Waals surface area contributed by atoms with Gasteiger partial charge in [0.05, 0.1) is 19.9 Å². The molecule has 2 rings (SSSR count). The molecule has 0 aliphatic rings. The van der Waals surface area contributed by atoms with Gasteiger partial charge in [-0.2, -0.15) is 4.98 Å². The molecule has 0 amide bonds. The van der Waals surface area contributed by atoms with Crippen LogP contribution in [0.2, 0.25) is 5.02 Å². The molecule has 21 heavy (non-hydrogen) atoms. The Morgan fingerprint density at radius 1 is 1.19 bits per heavy atom. The Balaban J connectivity index is 1.96. The number of hydrogen-bond acceptors (Lipinski definition) is 5. The normalized spacial score (nSPS) is 10.4. The molecule has 0 fully saturated rings. The molecule has 0 aliphatic carbocycles. The first kappa shape index (κ1) is 15.5. The number of nitrogens with zero attached hydrogens (tertiary/aromatic N) is 2. The van der Waals surface area contributed by atoms with Gasteiger partial charge in [0.15, 0.2) is 5.82 Å². The Kier molecular flexibility index (Phi) is 5.78. The van der Waals surface area contributed by atoms with Gasteiger partial charge in [0.1, 0.15) is 5.02 Å². The lowest BCUT2D eigenvalue weighted by Gasteiger charge is -2.09. The molecule has 0 saturated heterocycles. The van der Waals surface area contributed by atoms with Crippen molar-refractivity contribution in [3.63, 3.8) is 0 Å². The van der Waals surface area contributed by atoms with E-state index < -0.39 is 0 Å². The molecule has 0 unspecified atom stereocenters. The summed E-state index contributed by atoms with van der Waals surface area (Å²) in [6, 6.07) is 8.49. The first-order valence-corrected chi connectivity index (χ1v) is 7.06. The SMILES string of the molecule is CCOCc1ccc(CNc2nc(OC)ncc2Cl)cc1. The third-order valence-corrected chi connectivity index (χ3v) is 3.14. The smallest absolute Gasteiger partial charge is 0.318 e.